The second-order valence-electron chi connectivity index (χ2n) is 5.43. The van der Waals surface area contributed by atoms with Crippen LogP contribution in [0.1, 0.15) is 6.92 Å². The molecule has 24 heavy (non-hydrogen) atoms. The Bertz CT molecular complexity index is 758. The minimum Gasteiger partial charge on any atom is -0.497 e. The molecule has 0 saturated carbocycles. The highest BCUT2D eigenvalue weighted by atomic mass is 16.5. The van der Waals surface area contributed by atoms with Crippen LogP contribution in [0, 0.1) is 0 Å². The van der Waals surface area contributed by atoms with Crippen LogP contribution in [-0.4, -0.2) is 31.6 Å². The van der Waals surface area contributed by atoms with Crippen LogP contribution in [0.25, 0.3) is 0 Å². The van der Waals surface area contributed by atoms with E-state index in [1.807, 2.05) is 12.1 Å². The van der Waals surface area contributed by atoms with Crippen molar-refractivity contribution in [2.45, 2.75) is 13.0 Å². The lowest BCUT2D eigenvalue weighted by molar-refractivity contribution is -0.126. The Hall–Kier alpha value is -3.02. The van der Waals surface area contributed by atoms with Crippen molar-refractivity contribution in [2.24, 2.45) is 0 Å². The number of fused-ring (bicyclic) bond motifs is 1. The molecule has 1 aliphatic rings. The number of nitrogens with zero attached hydrogens (tertiary/aromatic N) is 1. The van der Waals surface area contributed by atoms with Crippen LogP contribution in [0.15, 0.2) is 48.5 Å². The molecule has 2 amide bonds. The van der Waals surface area contributed by atoms with E-state index in [1.165, 1.54) is 4.90 Å². The molecule has 1 aliphatic heterocycles. The topological polar surface area (TPSA) is 67.9 Å². The quantitative estimate of drug-likeness (QED) is 0.937. The third-order valence-corrected chi connectivity index (χ3v) is 3.76. The number of amides is 2. The molecular formula is C18H18N2O4. The third kappa shape index (κ3) is 3.17. The Kier molecular flexibility index (Phi) is 4.37. The monoisotopic (exact) mass is 326 g/mol. The van der Waals surface area contributed by atoms with Gasteiger partial charge >= 0.3 is 0 Å². The number of carbonyl (C=O) groups is 2. The van der Waals surface area contributed by atoms with Crippen molar-refractivity contribution in [3.05, 3.63) is 48.5 Å². The molecule has 2 aromatic rings. The van der Waals surface area contributed by atoms with Crippen molar-refractivity contribution in [1.82, 2.24) is 0 Å². The molecule has 6 heteroatoms. The van der Waals surface area contributed by atoms with Crippen LogP contribution in [0.5, 0.6) is 11.5 Å². The molecule has 0 bridgehead atoms. The number of hydrogen-bond donors (Lipinski definition) is 1. The predicted octanol–water partition coefficient (Wildman–Crippen LogP) is 2.45. The van der Waals surface area contributed by atoms with Gasteiger partial charge < -0.3 is 14.8 Å². The largest absolute Gasteiger partial charge is 0.497 e. The molecule has 124 valence electrons. The lowest BCUT2D eigenvalue weighted by Gasteiger charge is -2.31. The highest BCUT2D eigenvalue weighted by molar-refractivity contribution is 6.10. The summed E-state index contributed by atoms with van der Waals surface area (Å²) in [6.07, 6.45) is -0.725. The molecule has 0 unspecified atom stereocenters. The zero-order valence-corrected chi connectivity index (χ0v) is 13.5. The first-order valence-electron chi connectivity index (χ1n) is 7.59. The minimum atomic E-state index is -0.725. The summed E-state index contributed by atoms with van der Waals surface area (Å²) in [6, 6.07) is 14.2. The van der Waals surface area contributed by atoms with Crippen molar-refractivity contribution >= 4 is 23.2 Å². The van der Waals surface area contributed by atoms with Gasteiger partial charge in [-0.2, -0.15) is 0 Å². The number of ether oxygens (including phenoxy) is 2. The summed E-state index contributed by atoms with van der Waals surface area (Å²) < 4.78 is 10.8. The summed E-state index contributed by atoms with van der Waals surface area (Å²) in [5.74, 6) is 0.779. The van der Waals surface area contributed by atoms with E-state index in [0.717, 1.165) is 0 Å². The number of rotatable bonds is 4. The second-order valence-corrected chi connectivity index (χ2v) is 5.43. The van der Waals surface area contributed by atoms with Gasteiger partial charge in [0.1, 0.15) is 18.0 Å². The van der Waals surface area contributed by atoms with Gasteiger partial charge in [0.25, 0.3) is 5.91 Å². The molecule has 3 rings (SSSR count). The summed E-state index contributed by atoms with van der Waals surface area (Å²) in [7, 11) is 1.58. The van der Waals surface area contributed by atoms with Crippen LogP contribution in [0.4, 0.5) is 11.4 Å². The molecule has 1 heterocycles. The van der Waals surface area contributed by atoms with Crippen LogP contribution in [0.3, 0.4) is 0 Å². The molecule has 0 radical (unpaired) electrons. The van der Waals surface area contributed by atoms with E-state index < -0.39 is 6.10 Å². The molecule has 0 fully saturated rings. The maximum absolute atomic E-state index is 12.7. The Morgan fingerprint density at radius 1 is 1.12 bits per heavy atom. The summed E-state index contributed by atoms with van der Waals surface area (Å²) in [5.41, 5.74) is 1.30. The zero-order chi connectivity index (χ0) is 17.1. The van der Waals surface area contributed by atoms with Crippen molar-refractivity contribution in [3.8, 4) is 11.5 Å². The maximum atomic E-state index is 12.7. The summed E-state index contributed by atoms with van der Waals surface area (Å²) in [5, 5.41) is 2.76. The number of para-hydroxylation sites is 2. The van der Waals surface area contributed by atoms with Gasteiger partial charge in [-0.1, -0.05) is 12.1 Å². The van der Waals surface area contributed by atoms with Crippen LogP contribution >= 0.6 is 0 Å². The summed E-state index contributed by atoms with van der Waals surface area (Å²) >= 11 is 0. The SMILES string of the molecule is COc1ccc(O[C@@H](C)C(=O)N2CC(=O)Nc3ccccc32)cc1. The molecule has 1 atom stereocenters. The first-order chi connectivity index (χ1) is 11.6. The number of methoxy groups -OCH3 is 1. The van der Waals surface area contributed by atoms with Crippen LogP contribution < -0.4 is 19.7 Å². The van der Waals surface area contributed by atoms with Crippen LogP contribution in [-0.2, 0) is 9.59 Å². The van der Waals surface area contributed by atoms with Crippen molar-refractivity contribution in [3.63, 3.8) is 0 Å². The molecule has 0 spiro atoms. The Morgan fingerprint density at radius 3 is 2.50 bits per heavy atom. The van der Waals surface area contributed by atoms with Gasteiger partial charge in [-0.25, -0.2) is 0 Å². The third-order valence-electron chi connectivity index (χ3n) is 3.76. The lowest BCUT2D eigenvalue weighted by atomic mass is 10.1. The Morgan fingerprint density at radius 2 is 1.79 bits per heavy atom. The average Bonchev–Trinajstić information content (AvgIpc) is 2.61. The fourth-order valence-electron chi connectivity index (χ4n) is 2.56. The van der Waals surface area contributed by atoms with Crippen molar-refractivity contribution < 1.29 is 19.1 Å². The Labute approximate surface area is 140 Å². The smallest absolute Gasteiger partial charge is 0.268 e. The molecule has 1 N–H and O–H groups in total. The van der Waals surface area contributed by atoms with E-state index in [9.17, 15) is 9.59 Å². The standard InChI is InChI=1S/C18H18N2O4/c1-12(24-14-9-7-13(23-2)8-10-14)18(22)20-11-17(21)19-15-5-3-4-6-16(15)20/h3-10,12H,11H2,1-2H3,(H,19,21)/t12-/m0/s1. The van der Waals surface area contributed by atoms with Gasteiger partial charge in [-0.05, 0) is 43.3 Å². The summed E-state index contributed by atoms with van der Waals surface area (Å²) in [4.78, 5) is 26.0. The average molecular weight is 326 g/mol. The molecular weight excluding hydrogens is 308 g/mol. The van der Waals surface area contributed by atoms with Crippen LogP contribution in [0.2, 0.25) is 0 Å². The van der Waals surface area contributed by atoms with E-state index >= 15 is 0 Å². The molecule has 0 aromatic heterocycles. The zero-order valence-electron chi connectivity index (χ0n) is 13.5. The number of hydrogen-bond acceptors (Lipinski definition) is 4. The van der Waals surface area contributed by atoms with Gasteiger partial charge in [0.15, 0.2) is 6.10 Å². The predicted molar refractivity (Wildman–Crippen MR) is 90.5 cm³/mol. The fraction of sp³-hybridized carbons (Fsp3) is 0.222. The van der Waals surface area contributed by atoms with E-state index in [1.54, 1.807) is 50.4 Å². The lowest BCUT2D eigenvalue weighted by Crippen LogP contribution is -2.47. The first kappa shape index (κ1) is 15.9. The van der Waals surface area contributed by atoms with E-state index in [2.05, 4.69) is 5.32 Å². The van der Waals surface area contributed by atoms with E-state index in [4.69, 9.17) is 9.47 Å². The highest BCUT2D eigenvalue weighted by Crippen LogP contribution is 2.29. The minimum absolute atomic E-state index is 0.0217. The number of carbonyl (C=O) groups excluding carboxylic acids is 2. The molecule has 0 aliphatic carbocycles. The van der Waals surface area contributed by atoms with E-state index in [0.29, 0.717) is 22.9 Å². The fourth-order valence-corrected chi connectivity index (χ4v) is 2.56. The number of anilines is 2. The van der Waals surface area contributed by atoms with E-state index in [-0.39, 0.29) is 18.4 Å². The second kappa shape index (κ2) is 6.62. The Balaban J connectivity index is 1.76. The highest BCUT2D eigenvalue weighted by Gasteiger charge is 2.30. The maximum Gasteiger partial charge on any atom is 0.268 e. The molecule has 0 saturated heterocycles. The number of benzene rings is 2. The molecule has 6 nitrogen and oxygen atoms in total. The normalized spacial score (nSPS) is 14.4. The number of nitrogens with one attached hydrogen (secondary N) is 1. The van der Waals surface area contributed by atoms with Crippen molar-refractivity contribution in [1.29, 1.82) is 0 Å². The van der Waals surface area contributed by atoms with Gasteiger partial charge in [0.2, 0.25) is 5.91 Å². The van der Waals surface area contributed by atoms with Crippen molar-refractivity contribution in [2.75, 3.05) is 23.9 Å². The van der Waals surface area contributed by atoms with Gasteiger partial charge in [0, 0.05) is 0 Å². The van der Waals surface area contributed by atoms with Gasteiger partial charge in [-0.3, -0.25) is 14.5 Å². The molecule has 2 aromatic carbocycles. The van der Waals surface area contributed by atoms with Gasteiger partial charge in [0.05, 0.1) is 18.5 Å². The first-order valence-corrected chi connectivity index (χ1v) is 7.59. The van der Waals surface area contributed by atoms with Gasteiger partial charge in [-0.15, -0.1) is 0 Å². The summed E-state index contributed by atoms with van der Waals surface area (Å²) in [6.45, 7) is 1.65.